The Labute approximate surface area is 96.1 Å². The van der Waals surface area contributed by atoms with Gasteiger partial charge in [-0.3, -0.25) is 14.9 Å². The summed E-state index contributed by atoms with van der Waals surface area (Å²) >= 11 is 0. The van der Waals surface area contributed by atoms with Crippen molar-refractivity contribution < 1.29 is 25.0 Å². The van der Waals surface area contributed by atoms with E-state index in [1.54, 1.807) is 0 Å². The third-order valence-electron chi connectivity index (χ3n) is 2.23. The molecule has 2 unspecified atom stereocenters. The van der Waals surface area contributed by atoms with E-state index in [-0.39, 0.29) is 11.3 Å². The Morgan fingerprint density at radius 3 is 2.24 bits per heavy atom. The van der Waals surface area contributed by atoms with Crippen molar-refractivity contribution in [3.05, 3.63) is 39.9 Å². The van der Waals surface area contributed by atoms with Crippen LogP contribution in [0.1, 0.15) is 11.7 Å². The van der Waals surface area contributed by atoms with Gasteiger partial charge in [0.05, 0.1) is 4.92 Å². The van der Waals surface area contributed by atoms with Crippen LogP contribution in [0, 0.1) is 10.1 Å². The summed E-state index contributed by atoms with van der Waals surface area (Å²) in [5.41, 5.74) is -0.00572. The van der Waals surface area contributed by atoms with Crippen molar-refractivity contribution in [2.75, 3.05) is 6.61 Å². The molecule has 0 spiro atoms. The zero-order chi connectivity index (χ0) is 13.0. The number of nitro benzene ring substituents is 1. The smallest absolute Gasteiger partial charge is 0.269 e. The Morgan fingerprint density at radius 1 is 1.29 bits per heavy atom. The maximum absolute atomic E-state index is 10.9. The SMILES string of the molecule is O=C(CO)C(O)C(O)c1ccc([N+](=O)[O-])cc1. The lowest BCUT2D eigenvalue weighted by Gasteiger charge is -2.15. The van der Waals surface area contributed by atoms with E-state index in [2.05, 4.69) is 0 Å². The van der Waals surface area contributed by atoms with E-state index in [9.17, 15) is 25.1 Å². The molecule has 92 valence electrons. The highest BCUT2D eigenvalue weighted by molar-refractivity contribution is 5.84. The van der Waals surface area contributed by atoms with E-state index >= 15 is 0 Å². The Bertz CT molecular complexity index is 415. The molecule has 0 bridgehead atoms. The summed E-state index contributed by atoms with van der Waals surface area (Å²) in [5.74, 6) is -0.921. The van der Waals surface area contributed by atoms with Crippen LogP contribution in [0.4, 0.5) is 5.69 Å². The number of carbonyl (C=O) groups is 1. The van der Waals surface area contributed by atoms with Crippen LogP contribution in [0.15, 0.2) is 24.3 Å². The number of hydrogen-bond acceptors (Lipinski definition) is 6. The van der Waals surface area contributed by atoms with Gasteiger partial charge in [-0.05, 0) is 17.7 Å². The summed E-state index contributed by atoms with van der Waals surface area (Å²) in [5, 5.41) is 37.8. The molecule has 0 saturated carbocycles. The van der Waals surface area contributed by atoms with Crippen molar-refractivity contribution in [2.45, 2.75) is 12.2 Å². The molecule has 1 aromatic rings. The predicted octanol–water partition coefficient (Wildman–Crippen LogP) is -0.450. The molecule has 0 heterocycles. The molecular weight excluding hydrogens is 230 g/mol. The number of non-ortho nitro benzene ring substituents is 1. The molecule has 0 radical (unpaired) electrons. The molecule has 7 heteroatoms. The van der Waals surface area contributed by atoms with Crippen molar-refractivity contribution in [3.63, 3.8) is 0 Å². The van der Waals surface area contributed by atoms with Gasteiger partial charge in [-0.1, -0.05) is 0 Å². The lowest BCUT2D eigenvalue weighted by molar-refractivity contribution is -0.384. The summed E-state index contributed by atoms with van der Waals surface area (Å²) < 4.78 is 0. The number of nitrogens with zero attached hydrogens (tertiary/aromatic N) is 1. The van der Waals surface area contributed by atoms with Crippen LogP contribution >= 0.6 is 0 Å². The minimum Gasteiger partial charge on any atom is -0.388 e. The Hall–Kier alpha value is -1.83. The Morgan fingerprint density at radius 2 is 1.82 bits per heavy atom. The minimum absolute atomic E-state index is 0.157. The van der Waals surface area contributed by atoms with Gasteiger partial charge in [-0.25, -0.2) is 0 Å². The zero-order valence-electron chi connectivity index (χ0n) is 8.68. The van der Waals surface area contributed by atoms with Crippen LogP contribution in [-0.2, 0) is 4.79 Å². The normalized spacial score (nSPS) is 14.1. The maximum Gasteiger partial charge on any atom is 0.269 e. The molecule has 2 atom stereocenters. The number of Topliss-reactive ketones (excluding diaryl/α,β-unsaturated/α-hetero) is 1. The largest absolute Gasteiger partial charge is 0.388 e. The number of rotatable bonds is 5. The van der Waals surface area contributed by atoms with E-state index in [0.717, 1.165) is 12.1 Å². The fourth-order valence-electron chi connectivity index (χ4n) is 1.25. The molecule has 0 aromatic heterocycles. The monoisotopic (exact) mass is 241 g/mol. The Kier molecular flexibility index (Phi) is 4.27. The van der Waals surface area contributed by atoms with Gasteiger partial charge >= 0.3 is 0 Å². The highest BCUT2D eigenvalue weighted by Gasteiger charge is 2.25. The molecule has 17 heavy (non-hydrogen) atoms. The first kappa shape index (κ1) is 13.2. The second kappa shape index (κ2) is 5.48. The van der Waals surface area contributed by atoms with Crippen LogP contribution in [0.25, 0.3) is 0 Å². The number of carbonyl (C=O) groups excluding carboxylic acids is 1. The molecule has 0 aliphatic carbocycles. The quantitative estimate of drug-likeness (QED) is 0.474. The molecule has 7 nitrogen and oxygen atoms in total. The van der Waals surface area contributed by atoms with Crippen molar-refractivity contribution >= 4 is 11.5 Å². The van der Waals surface area contributed by atoms with E-state index in [1.165, 1.54) is 12.1 Å². The highest BCUT2D eigenvalue weighted by atomic mass is 16.6. The van der Waals surface area contributed by atoms with Crippen molar-refractivity contribution in [2.24, 2.45) is 0 Å². The first-order valence-electron chi connectivity index (χ1n) is 4.71. The Balaban J connectivity index is 2.86. The van der Waals surface area contributed by atoms with Gasteiger partial charge in [-0.2, -0.15) is 0 Å². The average Bonchev–Trinajstić information content (AvgIpc) is 2.36. The van der Waals surface area contributed by atoms with E-state index in [1.807, 2.05) is 0 Å². The fourth-order valence-corrected chi connectivity index (χ4v) is 1.25. The predicted molar refractivity (Wildman–Crippen MR) is 56.2 cm³/mol. The number of aliphatic hydroxyl groups is 3. The second-order valence-electron chi connectivity index (χ2n) is 3.36. The number of nitro groups is 1. The zero-order valence-corrected chi connectivity index (χ0v) is 8.68. The van der Waals surface area contributed by atoms with Crippen LogP contribution in [0.2, 0.25) is 0 Å². The first-order valence-corrected chi connectivity index (χ1v) is 4.71. The third kappa shape index (κ3) is 3.06. The van der Waals surface area contributed by atoms with Gasteiger partial charge in [0.15, 0.2) is 5.78 Å². The maximum atomic E-state index is 10.9. The van der Waals surface area contributed by atoms with Crippen molar-refractivity contribution in [1.29, 1.82) is 0 Å². The number of aliphatic hydroxyl groups excluding tert-OH is 3. The van der Waals surface area contributed by atoms with Crippen LogP contribution in [0.5, 0.6) is 0 Å². The highest BCUT2D eigenvalue weighted by Crippen LogP contribution is 2.20. The molecule has 3 N–H and O–H groups in total. The number of hydrogen-bond donors (Lipinski definition) is 3. The summed E-state index contributed by atoms with van der Waals surface area (Å²) in [6.07, 6.45) is -3.27. The van der Waals surface area contributed by atoms with E-state index < -0.39 is 29.5 Å². The molecule has 0 fully saturated rings. The topological polar surface area (TPSA) is 121 Å². The third-order valence-corrected chi connectivity index (χ3v) is 2.23. The summed E-state index contributed by atoms with van der Waals surface area (Å²) in [6, 6.07) is 4.76. The molecular formula is C10H11NO6. The summed E-state index contributed by atoms with van der Waals surface area (Å²) in [6.45, 7) is -0.884. The van der Waals surface area contributed by atoms with Gasteiger partial charge in [0, 0.05) is 12.1 Å². The van der Waals surface area contributed by atoms with Crippen LogP contribution in [-0.4, -0.2) is 38.7 Å². The number of benzene rings is 1. The van der Waals surface area contributed by atoms with Crippen molar-refractivity contribution in [1.82, 2.24) is 0 Å². The summed E-state index contributed by atoms with van der Waals surface area (Å²) in [7, 11) is 0. The molecule has 0 aliphatic heterocycles. The van der Waals surface area contributed by atoms with Crippen LogP contribution in [0.3, 0.4) is 0 Å². The molecule has 1 rings (SSSR count). The van der Waals surface area contributed by atoms with E-state index in [0.29, 0.717) is 0 Å². The molecule has 1 aromatic carbocycles. The lowest BCUT2D eigenvalue weighted by Crippen LogP contribution is -2.30. The number of ketones is 1. The van der Waals surface area contributed by atoms with Crippen molar-refractivity contribution in [3.8, 4) is 0 Å². The standard InChI is InChI=1S/C10H11NO6/c12-5-8(13)10(15)9(14)6-1-3-7(4-2-6)11(16)17/h1-4,9-10,12,14-15H,5H2. The second-order valence-corrected chi connectivity index (χ2v) is 3.36. The molecule has 0 amide bonds. The lowest BCUT2D eigenvalue weighted by atomic mass is 10.0. The van der Waals surface area contributed by atoms with Gasteiger partial charge in [-0.15, -0.1) is 0 Å². The minimum atomic E-state index is -1.75. The fraction of sp³-hybridized carbons (Fsp3) is 0.300. The molecule has 0 aliphatic rings. The summed E-state index contributed by atoms with van der Waals surface area (Å²) in [4.78, 5) is 20.7. The van der Waals surface area contributed by atoms with Gasteiger partial charge < -0.3 is 15.3 Å². The first-order chi connectivity index (χ1) is 7.97. The van der Waals surface area contributed by atoms with Gasteiger partial charge in [0.2, 0.25) is 0 Å². The van der Waals surface area contributed by atoms with Gasteiger partial charge in [0.25, 0.3) is 5.69 Å². The molecule has 0 saturated heterocycles. The van der Waals surface area contributed by atoms with Gasteiger partial charge in [0.1, 0.15) is 18.8 Å². The van der Waals surface area contributed by atoms with E-state index in [4.69, 9.17) is 5.11 Å². The van der Waals surface area contributed by atoms with Crippen LogP contribution < -0.4 is 0 Å². The average molecular weight is 241 g/mol.